The van der Waals surface area contributed by atoms with Crippen molar-refractivity contribution < 1.29 is 27.8 Å². The lowest BCUT2D eigenvalue weighted by Gasteiger charge is -2.22. The average Bonchev–Trinajstić information content (AvgIpc) is 2.53. The Labute approximate surface area is 129 Å². The van der Waals surface area contributed by atoms with Gasteiger partial charge in [0.1, 0.15) is 12.4 Å². The van der Waals surface area contributed by atoms with Crippen LogP contribution in [-0.4, -0.2) is 17.7 Å². The lowest BCUT2D eigenvalue weighted by molar-refractivity contribution is -0.137. The number of halogens is 3. The van der Waals surface area contributed by atoms with E-state index < -0.39 is 17.7 Å². The van der Waals surface area contributed by atoms with Crippen LogP contribution in [0.4, 0.5) is 13.2 Å². The summed E-state index contributed by atoms with van der Waals surface area (Å²) < 4.78 is 45.1. The van der Waals surface area contributed by atoms with Crippen molar-refractivity contribution in [2.75, 3.05) is 6.61 Å². The fraction of sp³-hybridized carbons (Fsp3) is 0.118. The number of hydrogen-bond donors (Lipinski definition) is 1. The summed E-state index contributed by atoms with van der Waals surface area (Å²) in [7, 11) is 0. The third kappa shape index (κ3) is 2.79. The van der Waals surface area contributed by atoms with Crippen LogP contribution in [0.15, 0.2) is 48.5 Å². The van der Waals surface area contributed by atoms with Crippen LogP contribution >= 0.6 is 0 Å². The molecule has 23 heavy (non-hydrogen) atoms. The van der Waals surface area contributed by atoms with Crippen molar-refractivity contribution in [3.05, 3.63) is 70.8 Å². The fourth-order valence-electron chi connectivity index (χ4n) is 2.54. The molecule has 1 N–H and O–H groups in total. The van der Waals surface area contributed by atoms with Gasteiger partial charge >= 0.3 is 12.1 Å². The van der Waals surface area contributed by atoms with Crippen molar-refractivity contribution in [3.63, 3.8) is 0 Å². The number of carbonyl (C=O) groups is 1. The molecule has 0 aromatic heterocycles. The van der Waals surface area contributed by atoms with Crippen LogP contribution in [0.3, 0.4) is 0 Å². The van der Waals surface area contributed by atoms with E-state index in [-0.39, 0.29) is 17.7 Å². The fourth-order valence-corrected chi connectivity index (χ4v) is 2.54. The summed E-state index contributed by atoms with van der Waals surface area (Å²) in [5.41, 5.74) is -0.105. The van der Waals surface area contributed by atoms with Gasteiger partial charge in [-0.25, -0.2) is 4.79 Å². The average molecular weight is 320 g/mol. The van der Waals surface area contributed by atoms with Crippen LogP contribution in [-0.2, 0) is 6.18 Å². The van der Waals surface area contributed by atoms with Gasteiger partial charge in [0.2, 0.25) is 0 Å². The Balaban J connectivity index is 2.19. The number of hydrogen-bond acceptors (Lipinski definition) is 2. The topological polar surface area (TPSA) is 46.5 Å². The van der Waals surface area contributed by atoms with Crippen LogP contribution < -0.4 is 4.74 Å². The van der Waals surface area contributed by atoms with Gasteiger partial charge in [0, 0.05) is 5.56 Å². The van der Waals surface area contributed by atoms with Crippen molar-refractivity contribution in [1.29, 1.82) is 0 Å². The van der Waals surface area contributed by atoms with Gasteiger partial charge in [0.25, 0.3) is 0 Å². The Hall–Kier alpha value is -2.76. The molecular weight excluding hydrogens is 309 g/mol. The summed E-state index contributed by atoms with van der Waals surface area (Å²) in [6, 6.07) is 9.36. The van der Waals surface area contributed by atoms with Crippen LogP contribution in [0.5, 0.6) is 5.75 Å². The van der Waals surface area contributed by atoms with E-state index in [1.165, 1.54) is 42.5 Å². The second-order valence-electron chi connectivity index (χ2n) is 4.99. The first-order chi connectivity index (χ1) is 10.9. The molecule has 1 aliphatic rings. The molecule has 0 atom stereocenters. The molecule has 118 valence electrons. The maximum atomic E-state index is 13.2. The minimum absolute atomic E-state index is 0.00656. The molecule has 0 amide bonds. The summed E-state index contributed by atoms with van der Waals surface area (Å²) in [4.78, 5) is 11.1. The quantitative estimate of drug-likeness (QED) is 0.901. The van der Waals surface area contributed by atoms with Crippen molar-refractivity contribution in [3.8, 4) is 5.75 Å². The normalized spacial score (nSPS) is 13.8. The second-order valence-corrected chi connectivity index (χ2v) is 4.99. The maximum Gasteiger partial charge on any atom is 0.417 e. The molecule has 6 heteroatoms. The molecule has 0 bridgehead atoms. The van der Waals surface area contributed by atoms with Gasteiger partial charge in [-0.05, 0) is 41.5 Å². The number of rotatable bonds is 2. The molecule has 1 aliphatic heterocycles. The highest BCUT2D eigenvalue weighted by molar-refractivity contribution is 5.92. The zero-order chi connectivity index (χ0) is 16.6. The van der Waals surface area contributed by atoms with E-state index in [1.807, 2.05) is 0 Å². The van der Waals surface area contributed by atoms with E-state index in [1.54, 1.807) is 0 Å². The molecule has 3 nitrogen and oxygen atoms in total. The van der Waals surface area contributed by atoms with Crippen molar-refractivity contribution in [1.82, 2.24) is 0 Å². The maximum absolute atomic E-state index is 13.2. The number of benzene rings is 2. The number of fused-ring (bicyclic) bond motifs is 1. The van der Waals surface area contributed by atoms with E-state index in [2.05, 4.69) is 0 Å². The summed E-state index contributed by atoms with van der Waals surface area (Å²) in [5, 5.41) is 9.09. The zero-order valence-corrected chi connectivity index (χ0v) is 11.7. The molecule has 0 radical (unpaired) electrons. The Morgan fingerprint density at radius 1 is 1.09 bits per heavy atom. The minimum atomic E-state index is -4.50. The molecule has 1 heterocycles. The Kier molecular flexibility index (Phi) is 3.60. The van der Waals surface area contributed by atoms with Gasteiger partial charge in [-0.15, -0.1) is 0 Å². The van der Waals surface area contributed by atoms with Crippen LogP contribution in [0.1, 0.15) is 27.0 Å². The van der Waals surface area contributed by atoms with Crippen molar-refractivity contribution >= 4 is 11.5 Å². The molecule has 2 aromatic rings. The minimum Gasteiger partial charge on any atom is -0.489 e. The van der Waals surface area contributed by atoms with Gasteiger partial charge < -0.3 is 9.84 Å². The predicted octanol–water partition coefficient (Wildman–Crippen LogP) is 4.23. The van der Waals surface area contributed by atoms with Crippen molar-refractivity contribution in [2.24, 2.45) is 0 Å². The van der Waals surface area contributed by atoms with E-state index >= 15 is 0 Å². The van der Waals surface area contributed by atoms with Gasteiger partial charge in [-0.3, -0.25) is 0 Å². The molecule has 3 rings (SSSR count). The predicted molar refractivity (Wildman–Crippen MR) is 77.4 cm³/mol. The molecule has 0 saturated heterocycles. The molecule has 0 fully saturated rings. The van der Waals surface area contributed by atoms with Gasteiger partial charge in [-0.1, -0.05) is 18.2 Å². The molecule has 2 aromatic carbocycles. The number of ether oxygens (including phenoxy) is 1. The molecule has 0 spiro atoms. The number of alkyl halides is 3. The molecule has 0 saturated carbocycles. The first-order valence-corrected chi connectivity index (χ1v) is 6.75. The van der Waals surface area contributed by atoms with E-state index in [9.17, 15) is 18.0 Å². The van der Waals surface area contributed by atoms with Crippen LogP contribution in [0.25, 0.3) is 5.57 Å². The lowest BCUT2D eigenvalue weighted by atomic mass is 9.91. The van der Waals surface area contributed by atoms with E-state index in [4.69, 9.17) is 9.84 Å². The zero-order valence-electron chi connectivity index (χ0n) is 11.7. The summed E-state index contributed by atoms with van der Waals surface area (Å²) >= 11 is 0. The third-order valence-electron chi connectivity index (χ3n) is 3.57. The molecular formula is C17H11F3O3. The van der Waals surface area contributed by atoms with E-state index in [0.29, 0.717) is 16.9 Å². The summed E-state index contributed by atoms with van der Waals surface area (Å²) in [5.74, 6) is -0.786. The van der Waals surface area contributed by atoms with Crippen molar-refractivity contribution in [2.45, 2.75) is 6.18 Å². The Bertz CT molecular complexity index is 807. The molecule has 0 aliphatic carbocycles. The number of aromatic carboxylic acids is 1. The second kappa shape index (κ2) is 5.46. The highest BCUT2D eigenvalue weighted by Crippen LogP contribution is 2.40. The lowest BCUT2D eigenvalue weighted by Crippen LogP contribution is -2.12. The first-order valence-electron chi connectivity index (χ1n) is 6.75. The van der Waals surface area contributed by atoms with Crippen LogP contribution in [0.2, 0.25) is 0 Å². The number of carboxylic acids is 1. The largest absolute Gasteiger partial charge is 0.489 e. The Morgan fingerprint density at radius 3 is 2.52 bits per heavy atom. The van der Waals surface area contributed by atoms with Gasteiger partial charge in [0.15, 0.2) is 0 Å². The highest BCUT2D eigenvalue weighted by atomic mass is 19.4. The smallest absolute Gasteiger partial charge is 0.417 e. The number of carboxylic acid groups (broad SMARTS) is 1. The Morgan fingerprint density at radius 2 is 1.83 bits per heavy atom. The first kappa shape index (κ1) is 15.1. The SMILES string of the molecule is O=C(O)c1ccc2c(c1)C(c1ccccc1C(F)(F)F)=CCO2. The monoisotopic (exact) mass is 320 g/mol. The summed E-state index contributed by atoms with van der Waals surface area (Å²) in [6.07, 6.45) is -2.97. The van der Waals surface area contributed by atoms with Crippen LogP contribution in [0, 0.1) is 0 Å². The summed E-state index contributed by atoms with van der Waals surface area (Å²) in [6.45, 7) is 0.126. The standard InChI is InChI=1S/C17H11F3O3/c18-17(19,20)14-4-2-1-3-12(14)11-7-8-23-15-6-5-10(16(21)22)9-13(11)15/h1-7,9H,8H2,(H,21,22). The van der Waals surface area contributed by atoms with Gasteiger partial charge in [-0.2, -0.15) is 13.2 Å². The van der Waals surface area contributed by atoms with Gasteiger partial charge in [0.05, 0.1) is 11.1 Å². The highest BCUT2D eigenvalue weighted by Gasteiger charge is 2.34. The van der Waals surface area contributed by atoms with E-state index in [0.717, 1.165) is 6.07 Å². The molecule has 0 unspecified atom stereocenters. The third-order valence-corrected chi connectivity index (χ3v) is 3.57.